The van der Waals surface area contributed by atoms with E-state index in [9.17, 15) is 14.0 Å². The van der Waals surface area contributed by atoms with Crippen LogP contribution >= 0.6 is 11.3 Å². The molecule has 0 saturated carbocycles. The van der Waals surface area contributed by atoms with Gasteiger partial charge < -0.3 is 16.0 Å². The van der Waals surface area contributed by atoms with Crippen LogP contribution in [0.4, 0.5) is 9.39 Å². The van der Waals surface area contributed by atoms with Gasteiger partial charge in [0.2, 0.25) is 5.91 Å². The number of amides is 2. The average molecular weight is 430 g/mol. The van der Waals surface area contributed by atoms with E-state index < -0.39 is 5.91 Å². The smallest absolute Gasteiger partial charge is 0.251 e. The van der Waals surface area contributed by atoms with Crippen LogP contribution in [0.5, 0.6) is 0 Å². The minimum Gasteiger partial charge on any atom is -0.366 e. The Bertz CT molecular complexity index is 999. The second kappa shape index (κ2) is 10.1. The van der Waals surface area contributed by atoms with Crippen LogP contribution in [0.15, 0.2) is 41.8 Å². The Kier molecular flexibility index (Phi) is 7.31. The number of aryl methyl sites for hydroxylation is 1. The summed E-state index contributed by atoms with van der Waals surface area (Å²) in [4.78, 5) is 25.5. The molecule has 0 aliphatic rings. The number of H-pyrrole nitrogens is 1. The van der Waals surface area contributed by atoms with Crippen LogP contribution in [-0.2, 0) is 11.2 Å². The number of primary amides is 1. The summed E-state index contributed by atoms with van der Waals surface area (Å²) in [6.45, 7) is 1.43. The molecule has 2 amide bonds. The Morgan fingerprint density at radius 1 is 1.23 bits per heavy atom. The number of thiophene rings is 1. The van der Waals surface area contributed by atoms with E-state index in [1.807, 2.05) is 13.1 Å². The first-order chi connectivity index (χ1) is 14.4. The maximum absolute atomic E-state index is 13.0. The number of rotatable bonds is 10. The molecule has 158 valence electrons. The van der Waals surface area contributed by atoms with Gasteiger partial charge >= 0.3 is 0 Å². The number of nitrogens with two attached hydrogens (primary N) is 1. The number of carbonyl (C=O) groups is 2. The Balaban J connectivity index is 1.38. The third-order valence-corrected chi connectivity index (χ3v) is 5.49. The lowest BCUT2D eigenvalue weighted by atomic mass is 10.1. The van der Waals surface area contributed by atoms with Gasteiger partial charge in [0, 0.05) is 24.2 Å². The number of hydrogen-bond donors (Lipinski definition) is 3. The number of aromatic nitrogens is 2. The zero-order valence-electron chi connectivity index (χ0n) is 16.7. The summed E-state index contributed by atoms with van der Waals surface area (Å²) >= 11 is 1.28. The Morgan fingerprint density at radius 3 is 2.73 bits per heavy atom. The number of halogens is 1. The summed E-state index contributed by atoms with van der Waals surface area (Å²) in [5.41, 5.74) is 8.29. The summed E-state index contributed by atoms with van der Waals surface area (Å²) < 4.78 is 13.0. The van der Waals surface area contributed by atoms with E-state index in [4.69, 9.17) is 5.73 Å². The summed E-state index contributed by atoms with van der Waals surface area (Å²) in [7, 11) is 1.96. The number of carbonyl (C=O) groups excluding carboxylic acids is 2. The van der Waals surface area contributed by atoms with Gasteiger partial charge in [-0.25, -0.2) is 4.39 Å². The van der Waals surface area contributed by atoms with E-state index in [-0.39, 0.29) is 11.7 Å². The molecule has 2 aromatic heterocycles. The van der Waals surface area contributed by atoms with Crippen molar-refractivity contribution < 1.29 is 14.0 Å². The highest BCUT2D eigenvalue weighted by Crippen LogP contribution is 2.23. The number of anilines is 1. The standard InChI is InChI=1S/C21H24FN5O2S/c1-27(11-8-19(28)24-21-17(20(23)29)9-12-30-21)10-2-3-16-13-18(26-25-16)14-4-6-15(22)7-5-14/h4-7,9,12-13H,2-3,8,10-11H2,1H3,(H2,23,29)(H,24,28)(H,25,26). The van der Waals surface area contributed by atoms with Crippen LogP contribution in [-0.4, -0.2) is 47.0 Å². The van der Waals surface area contributed by atoms with Crippen LogP contribution in [0.2, 0.25) is 0 Å². The van der Waals surface area contributed by atoms with Gasteiger partial charge in [-0.15, -0.1) is 11.3 Å². The van der Waals surface area contributed by atoms with Gasteiger partial charge in [-0.05, 0) is 68.2 Å². The van der Waals surface area contributed by atoms with Gasteiger partial charge in [-0.1, -0.05) is 0 Å². The molecule has 9 heteroatoms. The molecule has 4 N–H and O–H groups in total. The minimum atomic E-state index is -0.551. The molecular formula is C21H24FN5O2S. The maximum atomic E-state index is 13.0. The van der Waals surface area contributed by atoms with Gasteiger partial charge in [0.25, 0.3) is 5.91 Å². The number of hydrogen-bond acceptors (Lipinski definition) is 5. The summed E-state index contributed by atoms with van der Waals surface area (Å²) in [5.74, 6) is -0.968. The molecule has 0 fully saturated rings. The van der Waals surface area contributed by atoms with Crippen molar-refractivity contribution in [1.29, 1.82) is 0 Å². The van der Waals surface area contributed by atoms with Crippen molar-refractivity contribution in [3.63, 3.8) is 0 Å². The largest absolute Gasteiger partial charge is 0.366 e. The van der Waals surface area contributed by atoms with Crippen LogP contribution in [0.3, 0.4) is 0 Å². The lowest BCUT2D eigenvalue weighted by Gasteiger charge is -2.15. The summed E-state index contributed by atoms with van der Waals surface area (Å²) in [6.07, 6.45) is 2.05. The fourth-order valence-electron chi connectivity index (χ4n) is 2.99. The third-order valence-electron chi connectivity index (χ3n) is 4.66. The zero-order chi connectivity index (χ0) is 21.5. The normalized spacial score (nSPS) is 11.0. The topological polar surface area (TPSA) is 104 Å². The summed E-state index contributed by atoms with van der Waals surface area (Å²) in [6, 6.07) is 9.82. The van der Waals surface area contributed by atoms with Gasteiger partial charge in [0.1, 0.15) is 10.8 Å². The van der Waals surface area contributed by atoms with Crippen molar-refractivity contribution in [2.75, 3.05) is 25.5 Å². The monoisotopic (exact) mass is 429 g/mol. The van der Waals surface area contributed by atoms with E-state index in [0.29, 0.717) is 23.5 Å². The van der Waals surface area contributed by atoms with Gasteiger partial charge in [-0.2, -0.15) is 5.10 Å². The lowest BCUT2D eigenvalue weighted by molar-refractivity contribution is -0.116. The Labute approximate surface area is 178 Å². The molecule has 0 radical (unpaired) electrons. The SMILES string of the molecule is CN(CCCc1cc(-c2ccc(F)cc2)n[nH]1)CCC(=O)Nc1sccc1C(N)=O. The Hall–Kier alpha value is -3.04. The Morgan fingerprint density at radius 2 is 2.00 bits per heavy atom. The average Bonchev–Trinajstić information content (AvgIpc) is 3.37. The molecular weight excluding hydrogens is 405 g/mol. The van der Waals surface area contributed by atoms with Crippen molar-refractivity contribution in [1.82, 2.24) is 15.1 Å². The fourth-order valence-corrected chi connectivity index (χ4v) is 3.80. The molecule has 7 nitrogen and oxygen atoms in total. The van der Waals surface area contributed by atoms with E-state index in [0.717, 1.165) is 36.3 Å². The fraction of sp³-hybridized carbons (Fsp3) is 0.286. The van der Waals surface area contributed by atoms with Crippen molar-refractivity contribution in [3.05, 3.63) is 58.9 Å². The van der Waals surface area contributed by atoms with Crippen LogP contribution in [0.1, 0.15) is 28.9 Å². The zero-order valence-corrected chi connectivity index (χ0v) is 17.5. The van der Waals surface area contributed by atoms with Gasteiger partial charge in [0.05, 0.1) is 11.3 Å². The highest BCUT2D eigenvalue weighted by atomic mass is 32.1. The second-order valence-corrected chi connectivity index (χ2v) is 7.93. The predicted octanol–water partition coefficient (Wildman–Crippen LogP) is 3.27. The molecule has 1 aromatic carbocycles. The maximum Gasteiger partial charge on any atom is 0.251 e. The number of benzene rings is 1. The van der Waals surface area contributed by atoms with Gasteiger partial charge in [-0.3, -0.25) is 14.7 Å². The predicted molar refractivity (Wildman–Crippen MR) is 116 cm³/mol. The van der Waals surface area contributed by atoms with E-state index >= 15 is 0 Å². The van der Waals surface area contributed by atoms with Crippen LogP contribution < -0.4 is 11.1 Å². The number of nitrogens with one attached hydrogen (secondary N) is 2. The van der Waals surface area contributed by atoms with E-state index in [1.54, 1.807) is 23.6 Å². The molecule has 0 saturated heterocycles. The molecule has 3 rings (SSSR count). The first-order valence-corrected chi connectivity index (χ1v) is 10.5. The second-order valence-electron chi connectivity index (χ2n) is 7.02. The molecule has 0 bridgehead atoms. The number of nitrogens with zero attached hydrogens (tertiary/aromatic N) is 2. The van der Waals surface area contributed by atoms with Crippen molar-refractivity contribution in [2.45, 2.75) is 19.3 Å². The highest BCUT2D eigenvalue weighted by Gasteiger charge is 2.13. The molecule has 2 heterocycles. The molecule has 3 aromatic rings. The molecule has 0 atom stereocenters. The quantitative estimate of drug-likeness (QED) is 0.460. The van der Waals surface area contributed by atoms with Crippen LogP contribution in [0, 0.1) is 5.82 Å². The lowest BCUT2D eigenvalue weighted by Crippen LogP contribution is -2.26. The van der Waals surface area contributed by atoms with Crippen molar-refractivity contribution >= 4 is 28.2 Å². The molecule has 0 spiro atoms. The summed E-state index contributed by atoms with van der Waals surface area (Å²) in [5, 5.41) is 12.3. The van der Waals surface area contributed by atoms with E-state index in [1.165, 1.54) is 23.5 Å². The molecule has 0 aliphatic heterocycles. The number of aromatic amines is 1. The van der Waals surface area contributed by atoms with Gasteiger partial charge in [0.15, 0.2) is 0 Å². The van der Waals surface area contributed by atoms with Crippen molar-refractivity contribution in [2.24, 2.45) is 5.73 Å². The molecule has 0 aliphatic carbocycles. The minimum absolute atomic E-state index is 0.149. The van der Waals surface area contributed by atoms with E-state index in [2.05, 4.69) is 20.4 Å². The highest BCUT2D eigenvalue weighted by molar-refractivity contribution is 7.14. The first-order valence-electron chi connectivity index (χ1n) is 9.58. The third kappa shape index (κ3) is 5.98. The molecule has 30 heavy (non-hydrogen) atoms. The van der Waals surface area contributed by atoms with Crippen LogP contribution in [0.25, 0.3) is 11.3 Å². The van der Waals surface area contributed by atoms with Crippen molar-refractivity contribution in [3.8, 4) is 11.3 Å². The first kappa shape index (κ1) is 21.7. The molecule has 0 unspecified atom stereocenters.